The van der Waals surface area contributed by atoms with Crippen LogP contribution in [0.2, 0.25) is 0 Å². The van der Waals surface area contributed by atoms with E-state index in [2.05, 4.69) is 10.3 Å². The third-order valence-corrected chi connectivity index (χ3v) is 2.82. The molecule has 118 valence electrons. The van der Waals surface area contributed by atoms with Crippen molar-refractivity contribution < 1.29 is 9.47 Å². The average molecular weight is 293 g/mol. The maximum atomic E-state index is 5.80. The molecule has 0 aromatic heterocycles. The zero-order valence-electron chi connectivity index (χ0n) is 13.3. The largest absolute Gasteiger partial charge is 0.489 e. The van der Waals surface area contributed by atoms with E-state index in [1.807, 2.05) is 45.0 Å². The standard InChI is InChI=1S/C16H27N3O2/c1-4-20-10-6-9-18-16(17)19-12-14(3)21-15-8-5-7-13(2)11-15/h5,7-8,11,14H,4,6,9-10,12H2,1-3H3,(H3,17,18,19). The van der Waals surface area contributed by atoms with Crippen molar-refractivity contribution in [3.05, 3.63) is 29.8 Å². The molecule has 0 aliphatic rings. The Labute approximate surface area is 127 Å². The second kappa shape index (κ2) is 10.0. The second-order valence-corrected chi connectivity index (χ2v) is 4.95. The Bertz CT molecular complexity index is 435. The number of hydrogen-bond donors (Lipinski definition) is 2. The number of nitrogens with zero attached hydrogens (tertiary/aromatic N) is 1. The van der Waals surface area contributed by atoms with Crippen LogP contribution in [0.5, 0.6) is 5.75 Å². The number of nitrogens with two attached hydrogens (primary N) is 1. The number of hydrogen-bond acceptors (Lipinski definition) is 3. The number of benzene rings is 1. The molecule has 5 nitrogen and oxygen atoms in total. The van der Waals surface area contributed by atoms with E-state index in [1.54, 1.807) is 0 Å². The summed E-state index contributed by atoms with van der Waals surface area (Å²) in [4.78, 5) is 4.28. The molecule has 1 atom stereocenters. The molecular formula is C16H27N3O2. The van der Waals surface area contributed by atoms with Gasteiger partial charge in [-0.3, -0.25) is 0 Å². The minimum atomic E-state index is -0.0180. The van der Waals surface area contributed by atoms with Crippen LogP contribution in [-0.2, 0) is 4.74 Å². The molecule has 0 spiro atoms. The summed E-state index contributed by atoms with van der Waals surface area (Å²) in [5.41, 5.74) is 6.98. The molecular weight excluding hydrogens is 266 g/mol. The molecule has 21 heavy (non-hydrogen) atoms. The van der Waals surface area contributed by atoms with Crippen LogP contribution in [0.4, 0.5) is 0 Å². The van der Waals surface area contributed by atoms with Gasteiger partial charge < -0.3 is 20.5 Å². The van der Waals surface area contributed by atoms with Gasteiger partial charge in [-0.1, -0.05) is 12.1 Å². The monoisotopic (exact) mass is 293 g/mol. The molecule has 0 aliphatic carbocycles. The van der Waals surface area contributed by atoms with Crippen LogP contribution < -0.4 is 15.8 Å². The summed E-state index contributed by atoms with van der Waals surface area (Å²) in [6.45, 7) is 8.79. The normalized spacial score (nSPS) is 13.0. The van der Waals surface area contributed by atoms with E-state index < -0.39 is 0 Å². The summed E-state index contributed by atoms with van der Waals surface area (Å²) in [6, 6.07) is 7.98. The molecule has 0 saturated carbocycles. The van der Waals surface area contributed by atoms with Crippen LogP contribution in [0.1, 0.15) is 25.8 Å². The van der Waals surface area contributed by atoms with E-state index >= 15 is 0 Å². The minimum absolute atomic E-state index is 0.0180. The van der Waals surface area contributed by atoms with Crippen molar-refractivity contribution in [2.75, 3.05) is 26.3 Å². The first-order valence-corrected chi connectivity index (χ1v) is 7.46. The Kier molecular flexibility index (Phi) is 8.28. The molecule has 1 aromatic rings. The Balaban J connectivity index is 2.24. The highest BCUT2D eigenvalue weighted by molar-refractivity contribution is 5.77. The highest BCUT2D eigenvalue weighted by atomic mass is 16.5. The van der Waals surface area contributed by atoms with Gasteiger partial charge in [-0.15, -0.1) is 0 Å². The molecule has 0 bridgehead atoms. The van der Waals surface area contributed by atoms with E-state index in [9.17, 15) is 0 Å². The van der Waals surface area contributed by atoms with Gasteiger partial charge >= 0.3 is 0 Å². The van der Waals surface area contributed by atoms with E-state index in [0.29, 0.717) is 12.5 Å². The molecule has 3 N–H and O–H groups in total. The number of guanidine groups is 1. The molecule has 0 amide bonds. The zero-order chi connectivity index (χ0) is 15.5. The van der Waals surface area contributed by atoms with Gasteiger partial charge in [0.05, 0.1) is 6.54 Å². The molecule has 1 rings (SSSR count). The van der Waals surface area contributed by atoms with Crippen LogP contribution in [0.25, 0.3) is 0 Å². The summed E-state index contributed by atoms with van der Waals surface area (Å²) in [6.07, 6.45) is 0.898. The van der Waals surface area contributed by atoms with Crippen molar-refractivity contribution in [3.8, 4) is 5.75 Å². The topological polar surface area (TPSA) is 68.9 Å². The third kappa shape index (κ3) is 8.19. The SMILES string of the molecule is CCOCCCNC(N)=NCC(C)Oc1cccc(C)c1. The number of nitrogens with one attached hydrogen (secondary N) is 1. The first kappa shape index (κ1) is 17.3. The van der Waals surface area contributed by atoms with Crippen LogP contribution in [-0.4, -0.2) is 38.4 Å². The lowest BCUT2D eigenvalue weighted by atomic mass is 10.2. The number of aryl methyl sites for hydroxylation is 1. The zero-order valence-corrected chi connectivity index (χ0v) is 13.3. The summed E-state index contributed by atoms with van der Waals surface area (Å²) in [7, 11) is 0. The molecule has 0 aliphatic heterocycles. The fourth-order valence-electron chi connectivity index (χ4n) is 1.78. The lowest BCUT2D eigenvalue weighted by Gasteiger charge is -2.13. The van der Waals surface area contributed by atoms with Gasteiger partial charge in [-0.25, -0.2) is 4.99 Å². The quantitative estimate of drug-likeness (QED) is 0.415. The Morgan fingerprint density at radius 2 is 2.24 bits per heavy atom. The van der Waals surface area contributed by atoms with E-state index in [0.717, 1.165) is 31.9 Å². The molecule has 0 fully saturated rings. The summed E-state index contributed by atoms with van der Waals surface area (Å²) < 4.78 is 11.0. The van der Waals surface area contributed by atoms with E-state index in [-0.39, 0.29) is 6.10 Å². The predicted octanol–water partition coefficient (Wildman–Crippen LogP) is 2.09. The van der Waals surface area contributed by atoms with Gasteiger partial charge in [-0.05, 0) is 44.9 Å². The maximum absolute atomic E-state index is 5.80. The molecule has 0 saturated heterocycles. The summed E-state index contributed by atoms with van der Waals surface area (Å²) in [5, 5.41) is 3.06. The van der Waals surface area contributed by atoms with Crippen LogP contribution in [0.15, 0.2) is 29.3 Å². The van der Waals surface area contributed by atoms with E-state index in [4.69, 9.17) is 15.2 Å². The molecule has 1 aromatic carbocycles. The smallest absolute Gasteiger partial charge is 0.188 e. The molecule has 0 radical (unpaired) electrons. The van der Waals surface area contributed by atoms with Crippen molar-refractivity contribution in [1.29, 1.82) is 0 Å². The summed E-state index contributed by atoms with van der Waals surface area (Å²) >= 11 is 0. The number of rotatable bonds is 9. The van der Waals surface area contributed by atoms with Crippen molar-refractivity contribution >= 4 is 5.96 Å². The summed E-state index contributed by atoms with van der Waals surface area (Å²) in [5.74, 6) is 1.31. The van der Waals surface area contributed by atoms with Crippen molar-refractivity contribution in [2.45, 2.75) is 33.3 Å². The van der Waals surface area contributed by atoms with Gasteiger partial charge in [0.2, 0.25) is 0 Å². The average Bonchev–Trinajstić information content (AvgIpc) is 2.45. The van der Waals surface area contributed by atoms with Crippen LogP contribution >= 0.6 is 0 Å². The van der Waals surface area contributed by atoms with Gasteiger partial charge in [0.25, 0.3) is 0 Å². The Morgan fingerprint density at radius 3 is 2.95 bits per heavy atom. The fourth-order valence-corrected chi connectivity index (χ4v) is 1.78. The minimum Gasteiger partial charge on any atom is -0.489 e. The molecule has 0 heterocycles. The van der Waals surface area contributed by atoms with Crippen molar-refractivity contribution in [2.24, 2.45) is 10.7 Å². The second-order valence-electron chi connectivity index (χ2n) is 4.95. The highest BCUT2D eigenvalue weighted by Gasteiger charge is 2.03. The van der Waals surface area contributed by atoms with E-state index in [1.165, 1.54) is 5.56 Å². The van der Waals surface area contributed by atoms with Crippen LogP contribution in [0, 0.1) is 6.92 Å². The maximum Gasteiger partial charge on any atom is 0.188 e. The lowest BCUT2D eigenvalue weighted by molar-refractivity contribution is 0.145. The van der Waals surface area contributed by atoms with Gasteiger partial charge in [0, 0.05) is 19.8 Å². The Morgan fingerprint density at radius 1 is 1.43 bits per heavy atom. The third-order valence-electron chi connectivity index (χ3n) is 2.82. The first-order chi connectivity index (χ1) is 10.1. The molecule has 5 heteroatoms. The number of ether oxygens (including phenoxy) is 2. The van der Waals surface area contributed by atoms with Gasteiger partial charge in [-0.2, -0.15) is 0 Å². The Hall–Kier alpha value is -1.75. The molecule has 1 unspecified atom stereocenters. The van der Waals surface area contributed by atoms with Gasteiger partial charge in [0.1, 0.15) is 11.9 Å². The van der Waals surface area contributed by atoms with Crippen molar-refractivity contribution in [1.82, 2.24) is 5.32 Å². The lowest BCUT2D eigenvalue weighted by Crippen LogP contribution is -2.34. The van der Waals surface area contributed by atoms with Crippen molar-refractivity contribution in [3.63, 3.8) is 0 Å². The predicted molar refractivity (Wildman–Crippen MR) is 86.9 cm³/mol. The van der Waals surface area contributed by atoms with Gasteiger partial charge in [0.15, 0.2) is 5.96 Å². The fraction of sp³-hybridized carbons (Fsp3) is 0.562. The number of aliphatic imine (C=N–C) groups is 1. The first-order valence-electron chi connectivity index (χ1n) is 7.46. The highest BCUT2D eigenvalue weighted by Crippen LogP contribution is 2.14. The van der Waals surface area contributed by atoms with Crippen LogP contribution in [0.3, 0.4) is 0 Å².